The average Bonchev–Trinajstić information content (AvgIpc) is 2.91. The molecule has 0 unspecified atom stereocenters. The van der Waals surface area contributed by atoms with Crippen LogP contribution in [0.4, 0.5) is 5.69 Å². The van der Waals surface area contributed by atoms with Gasteiger partial charge in [-0.05, 0) is 68.7 Å². The van der Waals surface area contributed by atoms with Crippen LogP contribution in [0.5, 0.6) is 0 Å². The van der Waals surface area contributed by atoms with Gasteiger partial charge in [0.1, 0.15) is 12.6 Å². The first-order valence-electron chi connectivity index (χ1n) is 12.6. The molecule has 0 fully saturated rings. The highest BCUT2D eigenvalue weighted by atomic mass is 35.5. The lowest BCUT2D eigenvalue weighted by Gasteiger charge is -2.33. The van der Waals surface area contributed by atoms with E-state index in [1.165, 1.54) is 29.2 Å². The predicted octanol–water partition coefficient (Wildman–Crippen LogP) is 4.83. The number of hydrogen-bond acceptors (Lipinski definition) is 4. The lowest BCUT2D eigenvalue weighted by molar-refractivity contribution is -0.139. The third-order valence-corrected chi connectivity index (χ3v) is 8.26. The van der Waals surface area contributed by atoms with Crippen LogP contribution in [0.15, 0.2) is 83.8 Å². The highest BCUT2D eigenvalue weighted by Crippen LogP contribution is 2.26. The topological polar surface area (TPSA) is 86.8 Å². The Morgan fingerprint density at radius 2 is 1.55 bits per heavy atom. The molecule has 0 aliphatic rings. The molecule has 3 aromatic carbocycles. The third-order valence-electron chi connectivity index (χ3n) is 6.22. The van der Waals surface area contributed by atoms with Crippen molar-refractivity contribution in [1.82, 2.24) is 10.2 Å². The first kappa shape index (κ1) is 29.2. The number of likely N-dealkylation sites (N-methyl/N-ethyl adjacent to an activating group) is 1. The van der Waals surface area contributed by atoms with Crippen LogP contribution in [-0.4, -0.2) is 50.8 Å². The molecular formula is C29H34ClN3O4S. The van der Waals surface area contributed by atoms with Gasteiger partial charge in [-0.15, -0.1) is 0 Å². The quantitative estimate of drug-likeness (QED) is 0.347. The summed E-state index contributed by atoms with van der Waals surface area (Å²) in [5.74, 6) is -0.726. The Morgan fingerprint density at radius 1 is 0.921 bits per heavy atom. The molecule has 3 rings (SSSR count). The van der Waals surface area contributed by atoms with Crippen LogP contribution in [0.2, 0.25) is 5.02 Å². The fraction of sp³-hybridized carbons (Fsp3) is 0.310. The molecule has 0 saturated heterocycles. The third kappa shape index (κ3) is 7.36. The molecule has 0 bridgehead atoms. The average molecular weight is 556 g/mol. The molecule has 0 saturated carbocycles. The van der Waals surface area contributed by atoms with Gasteiger partial charge in [-0.25, -0.2) is 8.42 Å². The zero-order valence-electron chi connectivity index (χ0n) is 21.9. The van der Waals surface area contributed by atoms with Crippen molar-refractivity contribution in [3.8, 4) is 0 Å². The zero-order valence-corrected chi connectivity index (χ0v) is 23.5. The molecule has 9 heteroatoms. The zero-order chi connectivity index (χ0) is 27.7. The summed E-state index contributed by atoms with van der Waals surface area (Å²) in [4.78, 5) is 28.3. The summed E-state index contributed by atoms with van der Waals surface area (Å²) in [6.45, 7) is 5.79. The summed E-state index contributed by atoms with van der Waals surface area (Å²) in [6.07, 6.45) is 0.914. The van der Waals surface area contributed by atoms with Gasteiger partial charge in [0, 0.05) is 18.1 Å². The van der Waals surface area contributed by atoms with E-state index in [2.05, 4.69) is 5.32 Å². The molecule has 0 aliphatic carbocycles. The highest BCUT2D eigenvalue weighted by molar-refractivity contribution is 7.92. The van der Waals surface area contributed by atoms with E-state index >= 15 is 0 Å². The number of hydrogen-bond donors (Lipinski definition) is 1. The van der Waals surface area contributed by atoms with E-state index in [-0.39, 0.29) is 17.3 Å². The van der Waals surface area contributed by atoms with Crippen LogP contribution in [0.25, 0.3) is 0 Å². The minimum Gasteiger partial charge on any atom is -0.355 e. The number of benzene rings is 3. The monoisotopic (exact) mass is 555 g/mol. The number of rotatable bonds is 12. The standard InChI is InChI=1S/C29H34ClN3O4S/c1-4-27(29(35)31-5-2)32(20-19-23-9-7-6-8-10-23)28(34)21-33(25-15-11-22(3)12-16-25)38(36,37)26-17-13-24(30)14-18-26/h6-18,27H,4-5,19-21H2,1-3H3,(H,31,35)/t27-/m1/s1. The smallest absolute Gasteiger partial charge is 0.264 e. The summed E-state index contributed by atoms with van der Waals surface area (Å²) in [5, 5.41) is 3.21. The molecule has 2 amide bonds. The van der Waals surface area contributed by atoms with Crippen LogP contribution >= 0.6 is 11.6 Å². The second kappa shape index (κ2) is 13.4. The van der Waals surface area contributed by atoms with Gasteiger partial charge < -0.3 is 10.2 Å². The van der Waals surface area contributed by atoms with E-state index in [4.69, 9.17) is 11.6 Å². The maximum absolute atomic E-state index is 13.9. The number of carbonyl (C=O) groups excluding carboxylic acids is 2. The normalized spacial score (nSPS) is 12.0. The van der Waals surface area contributed by atoms with Crippen molar-refractivity contribution in [1.29, 1.82) is 0 Å². The van der Waals surface area contributed by atoms with Gasteiger partial charge in [0.25, 0.3) is 10.0 Å². The first-order valence-corrected chi connectivity index (χ1v) is 14.4. The lowest BCUT2D eigenvalue weighted by atomic mass is 10.1. The Kier molecular flexibility index (Phi) is 10.3. The first-order chi connectivity index (χ1) is 18.2. The second-order valence-corrected chi connectivity index (χ2v) is 11.2. The van der Waals surface area contributed by atoms with Crippen LogP contribution in [-0.2, 0) is 26.0 Å². The van der Waals surface area contributed by atoms with Crippen LogP contribution in [0.3, 0.4) is 0 Å². The van der Waals surface area contributed by atoms with E-state index < -0.39 is 28.5 Å². The number of carbonyl (C=O) groups is 2. The summed E-state index contributed by atoms with van der Waals surface area (Å²) < 4.78 is 28.6. The van der Waals surface area contributed by atoms with E-state index in [1.807, 2.05) is 51.1 Å². The molecule has 0 heterocycles. The lowest BCUT2D eigenvalue weighted by Crippen LogP contribution is -2.53. The second-order valence-electron chi connectivity index (χ2n) is 8.94. The van der Waals surface area contributed by atoms with Crippen molar-refractivity contribution in [3.63, 3.8) is 0 Å². The van der Waals surface area contributed by atoms with Gasteiger partial charge in [-0.2, -0.15) is 0 Å². The van der Waals surface area contributed by atoms with E-state index in [1.54, 1.807) is 24.3 Å². The minimum absolute atomic E-state index is 0.0156. The Hall–Kier alpha value is -3.36. The van der Waals surface area contributed by atoms with Gasteiger partial charge in [0.2, 0.25) is 11.8 Å². The van der Waals surface area contributed by atoms with Gasteiger partial charge >= 0.3 is 0 Å². The number of halogens is 1. The fourth-order valence-corrected chi connectivity index (χ4v) is 5.70. The summed E-state index contributed by atoms with van der Waals surface area (Å²) in [7, 11) is -4.12. The Bertz CT molecular complexity index is 1310. The number of nitrogens with zero attached hydrogens (tertiary/aromatic N) is 2. The van der Waals surface area contributed by atoms with Crippen molar-refractivity contribution in [2.24, 2.45) is 0 Å². The SMILES string of the molecule is CCNC(=O)[C@@H](CC)N(CCc1ccccc1)C(=O)CN(c1ccc(C)cc1)S(=O)(=O)c1ccc(Cl)cc1. The molecule has 1 N–H and O–H groups in total. The van der Waals surface area contributed by atoms with Crippen molar-refractivity contribution in [2.75, 3.05) is 23.9 Å². The van der Waals surface area contributed by atoms with Gasteiger partial charge in [0.15, 0.2) is 0 Å². The Balaban J connectivity index is 1.99. The van der Waals surface area contributed by atoms with E-state index in [9.17, 15) is 18.0 Å². The molecule has 3 aromatic rings. The summed E-state index contributed by atoms with van der Waals surface area (Å²) in [5.41, 5.74) is 2.32. The summed E-state index contributed by atoms with van der Waals surface area (Å²) in [6, 6.07) is 21.7. The van der Waals surface area contributed by atoms with Gasteiger partial charge in [-0.3, -0.25) is 13.9 Å². The molecule has 0 spiro atoms. The highest BCUT2D eigenvalue weighted by Gasteiger charge is 2.33. The van der Waals surface area contributed by atoms with Crippen molar-refractivity contribution in [2.45, 2.75) is 44.6 Å². The van der Waals surface area contributed by atoms with Crippen molar-refractivity contribution < 1.29 is 18.0 Å². The Labute approximate surface area is 230 Å². The fourth-order valence-electron chi connectivity index (χ4n) is 4.16. The van der Waals surface area contributed by atoms with Crippen LogP contribution < -0.4 is 9.62 Å². The molecule has 7 nitrogen and oxygen atoms in total. The van der Waals surface area contributed by atoms with Gasteiger partial charge in [0.05, 0.1) is 10.6 Å². The molecule has 0 radical (unpaired) electrons. The van der Waals surface area contributed by atoms with Gasteiger partial charge in [-0.1, -0.05) is 66.6 Å². The molecule has 202 valence electrons. The number of nitrogens with one attached hydrogen (secondary N) is 1. The van der Waals surface area contributed by atoms with Crippen molar-refractivity contribution in [3.05, 3.63) is 95.0 Å². The molecule has 1 atom stereocenters. The predicted molar refractivity (Wildman–Crippen MR) is 152 cm³/mol. The number of aryl methyl sites for hydroxylation is 1. The Morgan fingerprint density at radius 3 is 2.13 bits per heavy atom. The van der Waals surface area contributed by atoms with Crippen LogP contribution in [0.1, 0.15) is 31.4 Å². The number of sulfonamides is 1. The molecule has 0 aromatic heterocycles. The van der Waals surface area contributed by atoms with Crippen molar-refractivity contribution >= 4 is 39.1 Å². The number of amides is 2. The molecule has 38 heavy (non-hydrogen) atoms. The van der Waals surface area contributed by atoms with E-state index in [0.29, 0.717) is 30.1 Å². The molecule has 0 aliphatic heterocycles. The minimum atomic E-state index is -4.12. The summed E-state index contributed by atoms with van der Waals surface area (Å²) >= 11 is 5.99. The maximum atomic E-state index is 13.9. The number of anilines is 1. The largest absolute Gasteiger partial charge is 0.355 e. The van der Waals surface area contributed by atoms with Crippen LogP contribution in [0, 0.1) is 6.92 Å². The maximum Gasteiger partial charge on any atom is 0.264 e. The van der Waals surface area contributed by atoms with E-state index in [0.717, 1.165) is 15.4 Å². The molecular weight excluding hydrogens is 522 g/mol.